The lowest BCUT2D eigenvalue weighted by molar-refractivity contribution is -0.121. The van der Waals surface area contributed by atoms with Crippen LogP contribution in [0.2, 0.25) is 0 Å². The van der Waals surface area contributed by atoms with Crippen molar-refractivity contribution in [2.75, 3.05) is 4.90 Å². The number of pyridine rings is 1. The van der Waals surface area contributed by atoms with E-state index in [0.717, 1.165) is 0 Å². The Morgan fingerprint density at radius 2 is 1.92 bits per heavy atom. The van der Waals surface area contributed by atoms with Crippen LogP contribution in [-0.2, 0) is 9.59 Å². The van der Waals surface area contributed by atoms with E-state index in [-0.39, 0.29) is 11.8 Å². The van der Waals surface area contributed by atoms with E-state index in [1.807, 2.05) is 0 Å². The number of hydrogen-bond donors (Lipinski definition) is 0. The Morgan fingerprint density at radius 1 is 1.23 bits per heavy atom. The molecular weight excluding hydrogens is 168 g/mol. The molecule has 0 bridgehead atoms. The van der Waals surface area contributed by atoms with Gasteiger partial charge in [0.25, 0.3) is 0 Å². The number of rotatable bonds is 1. The van der Waals surface area contributed by atoms with Crippen molar-refractivity contribution in [1.82, 2.24) is 4.98 Å². The average Bonchev–Trinajstić information content (AvgIpc) is 2.48. The molecule has 1 aliphatic heterocycles. The molecule has 1 aromatic heterocycles. The molecule has 2 rings (SSSR count). The smallest absolute Gasteiger partial charge is 0.234 e. The highest BCUT2D eigenvalue weighted by atomic mass is 16.2. The third-order valence-corrected chi connectivity index (χ3v) is 1.96. The molecule has 0 aliphatic carbocycles. The van der Waals surface area contributed by atoms with Gasteiger partial charge in [-0.05, 0) is 12.1 Å². The van der Waals surface area contributed by atoms with Crippen LogP contribution in [-0.4, -0.2) is 16.8 Å². The Morgan fingerprint density at radius 3 is 2.46 bits per heavy atom. The third kappa shape index (κ3) is 1.30. The molecule has 1 aliphatic rings. The Bertz CT molecular complexity index is 332. The first-order valence-electron chi connectivity index (χ1n) is 4.05. The third-order valence-electron chi connectivity index (χ3n) is 1.96. The maximum atomic E-state index is 11.3. The van der Waals surface area contributed by atoms with E-state index in [4.69, 9.17) is 0 Å². The SMILES string of the molecule is O=C1CCC(=O)N1c1cccnc1. The molecule has 0 saturated carbocycles. The summed E-state index contributed by atoms with van der Waals surface area (Å²) < 4.78 is 0. The van der Waals surface area contributed by atoms with Crippen molar-refractivity contribution >= 4 is 17.5 Å². The Labute approximate surface area is 75.2 Å². The number of carbonyl (C=O) groups is 2. The second-order valence-electron chi connectivity index (χ2n) is 2.83. The maximum Gasteiger partial charge on any atom is 0.234 e. The van der Waals surface area contributed by atoms with E-state index in [0.29, 0.717) is 18.5 Å². The van der Waals surface area contributed by atoms with Crippen LogP contribution in [0.4, 0.5) is 5.69 Å². The minimum atomic E-state index is -0.141. The highest BCUT2D eigenvalue weighted by Crippen LogP contribution is 2.20. The van der Waals surface area contributed by atoms with Gasteiger partial charge in [-0.2, -0.15) is 0 Å². The zero-order valence-electron chi connectivity index (χ0n) is 6.93. The number of hydrogen-bond acceptors (Lipinski definition) is 3. The fourth-order valence-electron chi connectivity index (χ4n) is 1.35. The molecule has 2 heterocycles. The summed E-state index contributed by atoms with van der Waals surface area (Å²) in [6.45, 7) is 0. The summed E-state index contributed by atoms with van der Waals surface area (Å²) in [4.78, 5) is 27.6. The summed E-state index contributed by atoms with van der Waals surface area (Å²) in [7, 11) is 0. The van der Waals surface area contributed by atoms with E-state index in [9.17, 15) is 9.59 Å². The van der Waals surface area contributed by atoms with Crippen LogP contribution in [0.25, 0.3) is 0 Å². The summed E-state index contributed by atoms with van der Waals surface area (Å²) in [5.41, 5.74) is 0.565. The normalized spacial score (nSPS) is 16.8. The molecule has 66 valence electrons. The largest absolute Gasteiger partial charge is 0.274 e. The highest BCUT2D eigenvalue weighted by Gasteiger charge is 2.29. The van der Waals surface area contributed by atoms with E-state index < -0.39 is 0 Å². The van der Waals surface area contributed by atoms with Crippen LogP contribution in [0.5, 0.6) is 0 Å². The van der Waals surface area contributed by atoms with Crippen molar-refractivity contribution in [2.45, 2.75) is 12.8 Å². The summed E-state index contributed by atoms with van der Waals surface area (Å²) >= 11 is 0. The predicted octanol–water partition coefficient (Wildman–Crippen LogP) is 0.735. The summed E-state index contributed by atoms with van der Waals surface area (Å²) in [5.74, 6) is -0.281. The first-order valence-corrected chi connectivity index (χ1v) is 4.05. The molecule has 0 spiro atoms. The molecule has 0 aromatic carbocycles. The van der Waals surface area contributed by atoms with Crippen LogP contribution in [0, 0.1) is 0 Å². The number of carbonyl (C=O) groups excluding carboxylic acids is 2. The van der Waals surface area contributed by atoms with E-state index in [1.54, 1.807) is 18.3 Å². The van der Waals surface area contributed by atoms with Crippen molar-refractivity contribution in [3.05, 3.63) is 24.5 Å². The monoisotopic (exact) mass is 176 g/mol. The molecule has 1 aromatic rings. The maximum absolute atomic E-state index is 11.3. The second-order valence-corrected chi connectivity index (χ2v) is 2.83. The Kier molecular flexibility index (Phi) is 1.81. The molecule has 0 atom stereocenters. The lowest BCUT2D eigenvalue weighted by atomic mass is 10.4. The van der Waals surface area contributed by atoms with E-state index in [1.165, 1.54) is 11.1 Å². The summed E-state index contributed by atoms with van der Waals surface area (Å²) in [6, 6.07) is 3.41. The van der Waals surface area contributed by atoms with Crippen molar-refractivity contribution in [3.63, 3.8) is 0 Å². The number of nitrogens with zero attached hydrogens (tertiary/aromatic N) is 2. The first kappa shape index (κ1) is 7.91. The summed E-state index contributed by atoms with van der Waals surface area (Å²) in [6.07, 6.45) is 3.75. The molecular formula is C9H8N2O2. The van der Waals surface area contributed by atoms with Gasteiger partial charge in [-0.1, -0.05) is 0 Å². The van der Waals surface area contributed by atoms with Crippen LogP contribution in [0.15, 0.2) is 24.5 Å². The van der Waals surface area contributed by atoms with Gasteiger partial charge in [0.05, 0.1) is 11.9 Å². The van der Waals surface area contributed by atoms with Crippen molar-refractivity contribution in [3.8, 4) is 0 Å². The van der Waals surface area contributed by atoms with Gasteiger partial charge < -0.3 is 0 Å². The molecule has 0 unspecified atom stereocenters. The second kappa shape index (κ2) is 2.97. The van der Waals surface area contributed by atoms with Crippen molar-refractivity contribution < 1.29 is 9.59 Å². The Balaban J connectivity index is 2.36. The van der Waals surface area contributed by atoms with Gasteiger partial charge in [0.2, 0.25) is 11.8 Å². The molecule has 4 nitrogen and oxygen atoms in total. The van der Waals surface area contributed by atoms with Gasteiger partial charge >= 0.3 is 0 Å². The van der Waals surface area contributed by atoms with Crippen LogP contribution in [0.3, 0.4) is 0 Å². The highest BCUT2D eigenvalue weighted by molar-refractivity contribution is 6.19. The number of amides is 2. The van der Waals surface area contributed by atoms with Crippen LogP contribution < -0.4 is 4.90 Å². The van der Waals surface area contributed by atoms with Gasteiger partial charge in [0.1, 0.15) is 0 Å². The first-order chi connectivity index (χ1) is 6.29. The van der Waals surface area contributed by atoms with Crippen LogP contribution >= 0.6 is 0 Å². The number of anilines is 1. The molecule has 1 saturated heterocycles. The van der Waals surface area contributed by atoms with Crippen molar-refractivity contribution in [2.24, 2.45) is 0 Å². The molecule has 4 heteroatoms. The van der Waals surface area contributed by atoms with Gasteiger partial charge in [0.15, 0.2) is 0 Å². The zero-order valence-corrected chi connectivity index (χ0v) is 6.93. The fourth-order valence-corrected chi connectivity index (χ4v) is 1.35. The zero-order chi connectivity index (χ0) is 9.26. The van der Waals surface area contributed by atoms with E-state index >= 15 is 0 Å². The van der Waals surface area contributed by atoms with Gasteiger partial charge in [-0.25, -0.2) is 4.90 Å². The topological polar surface area (TPSA) is 50.3 Å². The van der Waals surface area contributed by atoms with Gasteiger partial charge in [-0.3, -0.25) is 14.6 Å². The average molecular weight is 176 g/mol. The number of imide groups is 1. The molecule has 2 amide bonds. The lowest BCUT2D eigenvalue weighted by Crippen LogP contribution is -2.28. The lowest BCUT2D eigenvalue weighted by Gasteiger charge is -2.12. The minimum Gasteiger partial charge on any atom is -0.274 e. The standard InChI is InChI=1S/C9H8N2O2/c12-8-3-4-9(13)11(8)7-2-1-5-10-6-7/h1-2,5-6H,3-4H2. The molecule has 0 N–H and O–H groups in total. The predicted molar refractivity (Wildman–Crippen MR) is 46.0 cm³/mol. The molecule has 13 heavy (non-hydrogen) atoms. The minimum absolute atomic E-state index is 0.141. The van der Waals surface area contributed by atoms with Gasteiger partial charge in [-0.15, -0.1) is 0 Å². The summed E-state index contributed by atoms with van der Waals surface area (Å²) in [5, 5.41) is 0. The van der Waals surface area contributed by atoms with Gasteiger partial charge in [0, 0.05) is 19.0 Å². The fraction of sp³-hybridized carbons (Fsp3) is 0.222. The Hall–Kier alpha value is -1.71. The number of aromatic nitrogens is 1. The molecule has 0 radical (unpaired) electrons. The quantitative estimate of drug-likeness (QED) is 0.593. The van der Waals surface area contributed by atoms with E-state index in [2.05, 4.69) is 4.98 Å². The van der Waals surface area contributed by atoms with Crippen LogP contribution in [0.1, 0.15) is 12.8 Å². The molecule has 1 fully saturated rings. The van der Waals surface area contributed by atoms with Crippen molar-refractivity contribution in [1.29, 1.82) is 0 Å².